The van der Waals surface area contributed by atoms with E-state index in [1.54, 1.807) is 7.11 Å². The molecule has 1 aliphatic carbocycles. The predicted molar refractivity (Wildman–Crippen MR) is 92.5 cm³/mol. The number of rotatable bonds is 11. The number of guanidine groups is 1. The van der Waals surface area contributed by atoms with Crippen molar-refractivity contribution in [2.75, 3.05) is 47.1 Å². The quantitative estimate of drug-likeness (QED) is 0.350. The molecular formula is C17H35N3O2. The third kappa shape index (κ3) is 10.0. The fraction of sp³-hybridized carbons (Fsp3) is 0.941. The highest BCUT2D eigenvalue weighted by Crippen LogP contribution is 2.26. The molecule has 2 N–H and O–H groups in total. The van der Waals surface area contributed by atoms with E-state index in [1.807, 2.05) is 7.05 Å². The summed E-state index contributed by atoms with van der Waals surface area (Å²) in [6, 6.07) is 0. The summed E-state index contributed by atoms with van der Waals surface area (Å²) >= 11 is 0. The SMILES string of the molecule is CN=C(NCCCOCCOC)NCCCC1CCCCC1. The van der Waals surface area contributed by atoms with Gasteiger partial charge in [0.15, 0.2) is 5.96 Å². The van der Waals surface area contributed by atoms with Crippen LogP contribution in [0.15, 0.2) is 4.99 Å². The molecule has 0 aromatic carbocycles. The summed E-state index contributed by atoms with van der Waals surface area (Å²) in [5.74, 6) is 1.87. The number of methoxy groups -OCH3 is 1. The van der Waals surface area contributed by atoms with Crippen molar-refractivity contribution in [1.29, 1.82) is 0 Å². The molecule has 130 valence electrons. The summed E-state index contributed by atoms with van der Waals surface area (Å²) < 4.78 is 10.4. The average molecular weight is 313 g/mol. The summed E-state index contributed by atoms with van der Waals surface area (Å²) in [7, 11) is 3.51. The maximum absolute atomic E-state index is 5.43. The molecule has 0 heterocycles. The van der Waals surface area contributed by atoms with Crippen LogP contribution in [0, 0.1) is 5.92 Å². The lowest BCUT2D eigenvalue weighted by atomic mass is 9.86. The maximum atomic E-state index is 5.43. The summed E-state index contributed by atoms with van der Waals surface area (Å²) in [5, 5.41) is 6.72. The zero-order valence-electron chi connectivity index (χ0n) is 14.5. The third-order valence-corrected chi connectivity index (χ3v) is 4.22. The van der Waals surface area contributed by atoms with E-state index in [9.17, 15) is 0 Å². The van der Waals surface area contributed by atoms with Crippen LogP contribution in [0.2, 0.25) is 0 Å². The van der Waals surface area contributed by atoms with Gasteiger partial charge in [0.25, 0.3) is 0 Å². The Kier molecular flexibility index (Phi) is 12.1. The molecule has 0 aromatic rings. The van der Waals surface area contributed by atoms with Crippen LogP contribution in [0.3, 0.4) is 0 Å². The summed E-state index contributed by atoms with van der Waals surface area (Å²) in [6.45, 7) is 3.99. The molecule has 0 aliphatic heterocycles. The normalized spacial score (nSPS) is 16.7. The van der Waals surface area contributed by atoms with E-state index in [0.717, 1.165) is 38.0 Å². The van der Waals surface area contributed by atoms with Crippen molar-refractivity contribution in [2.24, 2.45) is 10.9 Å². The zero-order valence-corrected chi connectivity index (χ0v) is 14.5. The molecule has 0 spiro atoms. The lowest BCUT2D eigenvalue weighted by Crippen LogP contribution is -2.38. The van der Waals surface area contributed by atoms with Gasteiger partial charge in [-0.15, -0.1) is 0 Å². The highest BCUT2D eigenvalue weighted by atomic mass is 16.5. The van der Waals surface area contributed by atoms with Gasteiger partial charge in [0.05, 0.1) is 13.2 Å². The van der Waals surface area contributed by atoms with Crippen LogP contribution in [0.1, 0.15) is 51.4 Å². The zero-order chi connectivity index (χ0) is 15.9. The van der Waals surface area contributed by atoms with Crippen molar-refractivity contribution in [3.05, 3.63) is 0 Å². The molecule has 0 amide bonds. The van der Waals surface area contributed by atoms with Gasteiger partial charge in [0, 0.05) is 33.9 Å². The molecule has 1 saturated carbocycles. The highest BCUT2D eigenvalue weighted by Gasteiger charge is 2.12. The minimum atomic E-state index is 0.664. The number of nitrogens with one attached hydrogen (secondary N) is 2. The first-order valence-electron chi connectivity index (χ1n) is 8.88. The molecule has 1 aliphatic rings. The fourth-order valence-electron chi connectivity index (χ4n) is 2.92. The second-order valence-electron chi connectivity index (χ2n) is 6.03. The number of hydrogen-bond donors (Lipinski definition) is 2. The first-order valence-corrected chi connectivity index (χ1v) is 8.88. The van der Waals surface area contributed by atoms with Crippen LogP contribution in [0.4, 0.5) is 0 Å². The smallest absolute Gasteiger partial charge is 0.190 e. The largest absolute Gasteiger partial charge is 0.382 e. The third-order valence-electron chi connectivity index (χ3n) is 4.22. The number of ether oxygens (including phenoxy) is 2. The Morgan fingerprint density at radius 3 is 2.41 bits per heavy atom. The van der Waals surface area contributed by atoms with Crippen LogP contribution in [0.25, 0.3) is 0 Å². The molecule has 1 fully saturated rings. The van der Waals surface area contributed by atoms with Gasteiger partial charge in [-0.3, -0.25) is 4.99 Å². The van der Waals surface area contributed by atoms with E-state index in [0.29, 0.717) is 13.2 Å². The topological polar surface area (TPSA) is 54.9 Å². The van der Waals surface area contributed by atoms with Gasteiger partial charge in [0.2, 0.25) is 0 Å². The van der Waals surface area contributed by atoms with Crippen molar-refractivity contribution in [3.8, 4) is 0 Å². The highest BCUT2D eigenvalue weighted by molar-refractivity contribution is 5.79. The lowest BCUT2D eigenvalue weighted by Gasteiger charge is -2.21. The van der Waals surface area contributed by atoms with Crippen molar-refractivity contribution >= 4 is 5.96 Å². The summed E-state index contributed by atoms with van der Waals surface area (Å²) in [6.07, 6.45) is 10.8. The number of aliphatic imine (C=N–C) groups is 1. The molecule has 0 bridgehead atoms. The standard InChI is InChI=1S/C17H35N3O2/c1-18-17(20-12-7-13-22-15-14-21-2)19-11-6-10-16-8-4-3-5-9-16/h16H,3-15H2,1-2H3,(H2,18,19,20). The van der Waals surface area contributed by atoms with Gasteiger partial charge >= 0.3 is 0 Å². The molecule has 5 heteroatoms. The van der Waals surface area contributed by atoms with E-state index in [4.69, 9.17) is 9.47 Å². The molecule has 5 nitrogen and oxygen atoms in total. The Labute approximate surface area is 136 Å². The van der Waals surface area contributed by atoms with Gasteiger partial charge in [0.1, 0.15) is 0 Å². The van der Waals surface area contributed by atoms with Crippen molar-refractivity contribution < 1.29 is 9.47 Å². The Bertz CT molecular complexity index is 279. The average Bonchev–Trinajstić information content (AvgIpc) is 2.57. The van der Waals surface area contributed by atoms with Gasteiger partial charge in [-0.2, -0.15) is 0 Å². The fourth-order valence-corrected chi connectivity index (χ4v) is 2.92. The second-order valence-corrected chi connectivity index (χ2v) is 6.03. The Morgan fingerprint density at radius 2 is 1.73 bits per heavy atom. The van der Waals surface area contributed by atoms with Crippen LogP contribution in [-0.4, -0.2) is 53.0 Å². The van der Waals surface area contributed by atoms with E-state index in [1.165, 1.54) is 44.9 Å². The van der Waals surface area contributed by atoms with Crippen molar-refractivity contribution in [3.63, 3.8) is 0 Å². The number of hydrogen-bond acceptors (Lipinski definition) is 3. The van der Waals surface area contributed by atoms with Crippen molar-refractivity contribution in [1.82, 2.24) is 10.6 Å². The maximum Gasteiger partial charge on any atom is 0.190 e. The van der Waals surface area contributed by atoms with Crippen LogP contribution < -0.4 is 10.6 Å². The minimum absolute atomic E-state index is 0.664. The Hall–Kier alpha value is -0.810. The molecule has 0 aromatic heterocycles. The van der Waals surface area contributed by atoms with E-state index in [2.05, 4.69) is 15.6 Å². The van der Waals surface area contributed by atoms with E-state index >= 15 is 0 Å². The first kappa shape index (κ1) is 19.2. The molecule has 1 rings (SSSR count). The van der Waals surface area contributed by atoms with Gasteiger partial charge < -0.3 is 20.1 Å². The van der Waals surface area contributed by atoms with Gasteiger partial charge in [-0.25, -0.2) is 0 Å². The second kappa shape index (κ2) is 13.8. The summed E-state index contributed by atoms with van der Waals surface area (Å²) in [4.78, 5) is 4.25. The first-order chi connectivity index (χ1) is 10.9. The molecule has 0 saturated heterocycles. The van der Waals surface area contributed by atoms with Crippen molar-refractivity contribution in [2.45, 2.75) is 51.4 Å². The van der Waals surface area contributed by atoms with Crippen LogP contribution in [-0.2, 0) is 9.47 Å². The molecular weight excluding hydrogens is 278 g/mol. The van der Waals surface area contributed by atoms with E-state index < -0.39 is 0 Å². The molecule has 0 unspecified atom stereocenters. The molecule has 22 heavy (non-hydrogen) atoms. The van der Waals surface area contributed by atoms with Crippen LogP contribution >= 0.6 is 0 Å². The van der Waals surface area contributed by atoms with Gasteiger partial charge in [-0.1, -0.05) is 32.1 Å². The summed E-state index contributed by atoms with van der Waals surface area (Å²) in [5.41, 5.74) is 0. The van der Waals surface area contributed by atoms with Crippen LogP contribution in [0.5, 0.6) is 0 Å². The lowest BCUT2D eigenvalue weighted by molar-refractivity contribution is 0.0698. The molecule has 0 atom stereocenters. The van der Waals surface area contributed by atoms with Gasteiger partial charge in [-0.05, 0) is 25.2 Å². The monoisotopic (exact) mass is 313 g/mol. The minimum Gasteiger partial charge on any atom is -0.382 e. The Morgan fingerprint density at radius 1 is 1.00 bits per heavy atom. The van der Waals surface area contributed by atoms with E-state index in [-0.39, 0.29) is 0 Å². The molecule has 0 radical (unpaired) electrons. The predicted octanol–water partition coefficient (Wildman–Crippen LogP) is 2.56. The number of nitrogens with zero attached hydrogens (tertiary/aromatic N) is 1. The Balaban J connectivity index is 1.93.